The zero-order valence-electron chi connectivity index (χ0n) is 13.6. The quantitative estimate of drug-likeness (QED) is 0.856. The molecule has 1 amide bonds. The third-order valence-corrected chi connectivity index (χ3v) is 4.85. The number of benzene rings is 1. The van der Waals surface area contributed by atoms with Crippen LogP contribution < -0.4 is 5.73 Å². The van der Waals surface area contributed by atoms with Gasteiger partial charge in [-0.05, 0) is 42.9 Å². The van der Waals surface area contributed by atoms with Crippen LogP contribution in [0.2, 0.25) is 0 Å². The molecule has 1 aliphatic carbocycles. The summed E-state index contributed by atoms with van der Waals surface area (Å²) in [5, 5.41) is 0. The molecular formula is C18H28N2O. The molecule has 0 radical (unpaired) electrons. The van der Waals surface area contributed by atoms with Crippen molar-refractivity contribution in [2.75, 3.05) is 12.3 Å². The first-order chi connectivity index (χ1) is 9.94. The lowest BCUT2D eigenvalue weighted by Crippen LogP contribution is -2.43. The highest BCUT2D eigenvalue weighted by molar-refractivity contribution is 5.79. The number of anilines is 1. The van der Waals surface area contributed by atoms with Crippen molar-refractivity contribution in [3.8, 4) is 0 Å². The van der Waals surface area contributed by atoms with Crippen molar-refractivity contribution in [1.29, 1.82) is 0 Å². The molecular weight excluding hydrogens is 260 g/mol. The van der Waals surface area contributed by atoms with Crippen LogP contribution in [-0.4, -0.2) is 17.4 Å². The van der Waals surface area contributed by atoms with Gasteiger partial charge in [-0.1, -0.05) is 38.8 Å². The largest absolute Gasteiger partial charge is 0.399 e. The van der Waals surface area contributed by atoms with E-state index in [2.05, 4.69) is 20.8 Å². The van der Waals surface area contributed by atoms with Crippen molar-refractivity contribution in [3.05, 3.63) is 29.8 Å². The van der Waals surface area contributed by atoms with Crippen molar-refractivity contribution >= 4 is 11.6 Å². The van der Waals surface area contributed by atoms with E-state index >= 15 is 0 Å². The lowest BCUT2D eigenvalue weighted by atomic mass is 9.68. The van der Waals surface area contributed by atoms with E-state index in [-0.39, 0.29) is 11.3 Å². The van der Waals surface area contributed by atoms with Gasteiger partial charge in [-0.2, -0.15) is 0 Å². The molecule has 0 aromatic heterocycles. The molecule has 0 spiro atoms. The SMILES string of the molecule is CCN(Cc1ccc(N)cc1)C(=O)C1CCCCC1(C)C. The molecule has 2 N–H and O–H groups in total. The second kappa shape index (κ2) is 6.50. The molecule has 0 heterocycles. The fourth-order valence-corrected chi connectivity index (χ4v) is 3.36. The number of hydrogen-bond donors (Lipinski definition) is 1. The van der Waals surface area contributed by atoms with E-state index < -0.39 is 0 Å². The second-order valence-corrected chi connectivity index (χ2v) is 6.88. The molecule has 1 aromatic carbocycles. The topological polar surface area (TPSA) is 46.3 Å². The van der Waals surface area contributed by atoms with E-state index in [0.717, 1.165) is 30.6 Å². The number of nitrogens with two attached hydrogens (primary N) is 1. The molecule has 3 nitrogen and oxygen atoms in total. The average molecular weight is 288 g/mol. The number of amides is 1. The summed E-state index contributed by atoms with van der Waals surface area (Å²) in [6.45, 7) is 7.99. The van der Waals surface area contributed by atoms with Gasteiger partial charge in [-0.3, -0.25) is 4.79 Å². The van der Waals surface area contributed by atoms with Gasteiger partial charge in [0.2, 0.25) is 5.91 Å². The standard InChI is InChI=1S/C18H28N2O/c1-4-20(13-14-8-10-15(19)11-9-14)17(21)16-7-5-6-12-18(16,2)3/h8-11,16H,4-7,12-13,19H2,1-3H3. The molecule has 0 saturated heterocycles. The number of carbonyl (C=O) groups excluding carboxylic acids is 1. The van der Waals surface area contributed by atoms with Crippen LogP contribution in [-0.2, 0) is 11.3 Å². The molecule has 116 valence electrons. The summed E-state index contributed by atoms with van der Waals surface area (Å²) in [6.07, 6.45) is 4.62. The Bertz CT molecular complexity index is 478. The molecule has 21 heavy (non-hydrogen) atoms. The van der Waals surface area contributed by atoms with Crippen LogP contribution in [0.5, 0.6) is 0 Å². The Morgan fingerprint density at radius 2 is 1.95 bits per heavy atom. The second-order valence-electron chi connectivity index (χ2n) is 6.88. The smallest absolute Gasteiger partial charge is 0.226 e. The monoisotopic (exact) mass is 288 g/mol. The minimum Gasteiger partial charge on any atom is -0.399 e. The highest BCUT2D eigenvalue weighted by atomic mass is 16.2. The molecule has 1 atom stereocenters. The summed E-state index contributed by atoms with van der Waals surface area (Å²) in [5.74, 6) is 0.485. The van der Waals surface area contributed by atoms with Crippen LogP contribution in [0.3, 0.4) is 0 Å². The first-order valence-corrected chi connectivity index (χ1v) is 8.07. The van der Waals surface area contributed by atoms with Gasteiger partial charge in [-0.25, -0.2) is 0 Å². The van der Waals surface area contributed by atoms with Gasteiger partial charge in [0, 0.05) is 24.7 Å². The van der Waals surface area contributed by atoms with Gasteiger partial charge >= 0.3 is 0 Å². The molecule has 1 unspecified atom stereocenters. The predicted molar refractivity (Wildman–Crippen MR) is 87.7 cm³/mol. The number of carbonyl (C=O) groups is 1. The summed E-state index contributed by atoms with van der Waals surface area (Å²) in [7, 11) is 0. The lowest BCUT2D eigenvalue weighted by Gasteiger charge is -2.40. The van der Waals surface area contributed by atoms with Crippen molar-refractivity contribution in [3.63, 3.8) is 0 Å². The lowest BCUT2D eigenvalue weighted by molar-refractivity contribution is -0.141. The summed E-state index contributed by atoms with van der Waals surface area (Å²) in [5.41, 5.74) is 7.76. The first-order valence-electron chi connectivity index (χ1n) is 8.07. The van der Waals surface area contributed by atoms with E-state index in [9.17, 15) is 4.79 Å². The van der Waals surface area contributed by atoms with E-state index in [4.69, 9.17) is 5.73 Å². The van der Waals surface area contributed by atoms with E-state index in [1.54, 1.807) is 0 Å². The Labute approximate surface area is 128 Å². The third kappa shape index (κ3) is 3.78. The fraction of sp³-hybridized carbons (Fsp3) is 0.611. The van der Waals surface area contributed by atoms with Crippen molar-refractivity contribution in [2.45, 2.75) is 53.0 Å². The first kappa shape index (κ1) is 15.9. The van der Waals surface area contributed by atoms with Crippen LogP contribution in [0, 0.1) is 11.3 Å². The van der Waals surface area contributed by atoms with Crippen LogP contribution in [0.1, 0.15) is 52.0 Å². The van der Waals surface area contributed by atoms with E-state index in [1.165, 1.54) is 12.8 Å². The van der Waals surface area contributed by atoms with E-state index in [1.807, 2.05) is 29.2 Å². The van der Waals surface area contributed by atoms with Crippen LogP contribution >= 0.6 is 0 Å². The van der Waals surface area contributed by atoms with Crippen molar-refractivity contribution < 1.29 is 4.79 Å². The Hall–Kier alpha value is -1.51. The number of rotatable bonds is 4. The molecule has 1 aliphatic rings. The van der Waals surface area contributed by atoms with Crippen LogP contribution in [0.15, 0.2) is 24.3 Å². The van der Waals surface area contributed by atoms with Crippen molar-refractivity contribution in [2.24, 2.45) is 11.3 Å². The molecule has 2 rings (SSSR count). The fourth-order valence-electron chi connectivity index (χ4n) is 3.36. The maximum absolute atomic E-state index is 12.9. The Morgan fingerprint density at radius 3 is 2.52 bits per heavy atom. The predicted octanol–water partition coefficient (Wildman–Crippen LogP) is 3.83. The van der Waals surface area contributed by atoms with Gasteiger partial charge in [-0.15, -0.1) is 0 Å². The van der Waals surface area contributed by atoms with Gasteiger partial charge in [0.05, 0.1) is 0 Å². The van der Waals surface area contributed by atoms with Crippen LogP contribution in [0.4, 0.5) is 5.69 Å². The maximum Gasteiger partial charge on any atom is 0.226 e. The van der Waals surface area contributed by atoms with Gasteiger partial charge in [0.1, 0.15) is 0 Å². The maximum atomic E-state index is 12.9. The summed E-state index contributed by atoms with van der Waals surface area (Å²) >= 11 is 0. The molecule has 0 aliphatic heterocycles. The Kier molecular flexibility index (Phi) is 4.92. The molecule has 3 heteroatoms. The molecule has 1 fully saturated rings. The van der Waals surface area contributed by atoms with Crippen molar-refractivity contribution in [1.82, 2.24) is 4.90 Å². The minimum atomic E-state index is 0.129. The van der Waals surface area contributed by atoms with Gasteiger partial charge in [0.25, 0.3) is 0 Å². The molecule has 1 saturated carbocycles. The normalized spacial score (nSPS) is 21.0. The van der Waals surface area contributed by atoms with Gasteiger partial charge < -0.3 is 10.6 Å². The Balaban J connectivity index is 2.09. The zero-order chi connectivity index (χ0) is 15.5. The summed E-state index contributed by atoms with van der Waals surface area (Å²) < 4.78 is 0. The van der Waals surface area contributed by atoms with E-state index in [0.29, 0.717) is 12.5 Å². The number of nitrogens with zero attached hydrogens (tertiary/aromatic N) is 1. The number of hydrogen-bond acceptors (Lipinski definition) is 2. The third-order valence-electron chi connectivity index (χ3n) is 4.85. The van der Waals surface area contributed by atoms with Crippen LogP contribution in [0.25, 0.3) is 0 Å². The average Bonchev–Trinajstić information content (AvgIpc) is 2.45. The molecule has 1 aromatic rings. The number of nitrogen functional groups attached to an aromatic ring is 1. The zero-order valence-corrected chi connectivity index (χ0v) is 13.6. The summed E-state index contributed by atoms with van der Waals surface area (Å²) in [6, 6.07) is 7.82. The Morgan fingerprint density at radius 1 is 1.29 bits per heavy atom. The van der Waals surface area contributed by atoms with Gasteiger partial charge in [0.15, 0.2) is 0 Å². The minimum absolute atomic E-state index is 0.129. The molecule has 0 bridgehead atoms. The summed E-state index contributed by atoms with van der Waals surface area (Å²) in [4.78, 5) is 14.9. The highest BCUT2D eigenvalue weighted by Gasteiger charge is 2.38. The highest BCUT2D eigenvalue weighted by Crippen LogP contribution is 2.41.